The highest BCUT2D eigenvalue weighted by atomic mass is 16.6. The van der Waals surface area contributed by atoms with E-state index in [-0.39, 0.29) is 17.5 Å². The summed E-state index contributed by atoms with van der Waals surface area (Å²) in [6.07, 6.45) is 6.75. The van der Waals surface area contributed by atoms with Gasteiger partial charge in [-0.05, 0) is 33.6 Å². The maximum atomic E-state index is 11.8. The maximum Gasteiger partial charge on any atom is 0.309 e. The lowest BCUT2D eigenvalue weighted by Crippen LogP contribution is -2.28. The first-order valence-corrected chi connectivity index (χ1v) is 6.63. The van der Waals surface area contributed by atoms with Crippen LogP contribution in [-0.4, -0.2) is 11.6 Å². The Kier molecular flexibility index (Phi) is 7.44. The van der Waals surface area contributed by atoms with Gasteiger partial charge >= 0.3 is 5.97 Å². The molecule has 0 spiro atoms. The van der Waals surface area contributed by atoms with Gasteiger partial charge in [-0.15, -0.1) is 0 Å². The van der Waals surface area contributed by atoms with Crippen molar-refractivity contribution in [1.82, 2.24) is 0 Å². The summed E-state index contributed by atoms with van der Waals surface area (Å²) in [4.78, 5) is 11.8. The first-order valence-electron chi connectivity index (χ1n) is 6.63. The molecule has 0 fully saturated rings. The van der Waals surface area contributed by atoms with Crippen LogP contribution >= 0.6 is 0 Å². The second-order valence-corrected chi connectivity index (χ2v) is 5.49. The Morgan fingerprint density at radius 3 is 2.19 bits per heavy atom. The third-order valence-electron chi connectivity index (χ3n) is 2.64. The molecule has 0 aliphatic rings. The second-order valence-electron chi connectivity index (χ2n) is 5.49. The number of esters is 1. The molecule has 0 aliphatic heterocycles. The van der Waals surface area contributed by atoms with E-state index in [2.05, 4.69) is 13.8 Å². The molecule has 0 saturated heterocycles. The molecular weight excluding hydrogens is 200 g/mol. The highest BCUT2D eigenvalue weighted by molar-refractivity contribution is 5.72. The third kappa shape index (κ3) is 7.72. The van der Waals surface area contributed by atoms with Crippen molar-refractivity contribution in [2.75, 3.05) is 0 Å². The fraction of sp³-hybridized carbons (Fsp3) is 0.929. The predicted molar refractivity (Wildman–Crippen MR) is 68.4 cm³/mol. The summed E-state index contributed by atoms with van der Waals surface area (Å²) in [6.45, 7) is 10.0. The first-order chi connectivity index (χ1) is 7.40. The van der Waals surface area contributed by atoms with Crippen LogP contribution in [0.5, 0.6) is 0 Å². The summed E-state index contributed by atoms with van der Waals surface area (Å²) in [7, 11) is 0. The zero-order valence-electron chi connectivity index (χ0n) is 11.6. The van der Waals surface area contributed by atoms with Gasteiger partial charge in [-0.25, -0.2) is 0 Å². The van der Waals surface area contributed by atoms with Gasteiger partial charge in [0.1, 0.15) is 5.60 Å². The van der Waals surface area contributed by atoms with Gasteiger partial charge in [0.2, 0.25) is 0 Å². The highest BCUT2D eigenvalue weighted by Gasteiger charge is 2.23. The lowest BCUT2D eigenvalue weighted by Gasteiger charge is -2.23. The van der Waals surface area contributed by atoms with Crippen LogP contribution in [0.2, 0.25) is 0 Å². The maximum absolute atomic E-state index is 11.8. The molecule has 1 atom stereocenters. The molecule has 0 N–H and O–H groups in total. The van der Waals surface area contributed by atoms with E-state index in [1.807, 2.05) is 20.8 Å². The fourth-order valence-corrected chi connectivity index (χ4v) is 1.69. The number of unbranched alkanes of at least 4 members (excludes halogenated alkanes) is 3. The minimum absolute atomic E-state index is 0.0218. The number of carbonyl (C=O) groups is 1. The van der Waals surface area contributed by atoms with E-state index < -0.39 is 0 Å². The summed E-state index contributed by atoms with van der Waals surface area (Å²) in [5.74, 6) is 0.0718. The van der Waals surface area contributed by atoms with Gasteiger partial charge in [0.05, 0.1) is 5.92 Å². The van der Waals surface area contributed by atoms with E-state index in [1.165, 1.54) is 19.3 Å². The predicted octanol–water partition coefficient (Wildman–Crippen LogP) is 4.32. The number of carbonyl (C=O) groups excluding carboxylic acids is 1. The van der Waals surface area contributed by atoms with Crippen molar-refractivity contribution < 1.29 is 9.53 Å². The molecule has 16 heavy (non-hydrogen) atoms. The average molecular weight is 228 g/mol. The molecule has 0 aromatic carbocycles. The van der Waals surface area contributed by atoms with E-state index in [1.54, 1.807) is 0 Å². The van der Waals surface area contributed by atoms with Crippen LogP contribution in [0, 0.1) is 5.92 Å². The van der Waals surface area contributed by atoms with Gasteiger partial charge in [0.15, 0.2) is 0 Å². The Morgan fingerprint density at radius 2 is 1.75 bits per heavy atom. The van der Waals surface area contributed by atoms with Crippen molar-refractivity contribution in [1.29, 1.82) is 0 Å². The van der Waals surface area contributed by atoms with E-state index >= 15 is 0 Å². The summed E-state index contributed by atoms with van der Waals surface area (Å²) >= 11 is 0. The molecular formula is C14H28O2. The zero-order chi connectivity index (χ0) is 12.6. The van der Waals surface area contributed by atoms with Gasteiger partial charge in [0, 0.05) is 0 Å². The molecule has 0 aliphatic carbocycles. The number of rotatable bonds is 7. The summed E-state index contributed by atoms with van der Waals surface area (Å²) in [5.41, 5.74) is -0.353. The van der Waals surface area contributed by atoms with Crippen LogP contribution in [0.15, 0.2) is 0 Å². The van der Waals surface area contributed by atoms with Crippen molar-refractivity contribution >= 4 is 5.97 Å². The molecule has 0 amide bonds. The molecule has 96 valence electrons. The number of hydrogen-bond acceptors (Lipinski definition) is 2. The largest absolute Gasteiger partial charge is 0.460 e. The van der Waals surface area contributed by atoms with Crippen molar-refractivity contribution in [2.24, 2.45) is 5.92 Å². The van der Waals surface area contributed by atoms with Gasteiger partial charge in [-0.3, -0.25) is 4.79 Å². The molecule has 0 heterocycles. The minimum atomic E-state index is -0.353. The lowest BCUT2D eigenvalue weighted by atomic mass is 9.98. The Bertz CT molecular complexity index is 191. The second kappa shape index (κ2) is 7.70. The summed E-state index contributed by atoms with van der Waals surface area (Å²) < 4.78 is 5.41. The molecule has 0 aromatic heterocycles. The van der Waals surface area contributed by atoms with Crippen LogP contribution in [-0.2, 0) is 9.53 Å². The molecule has 0 aromatic rings. The number of hydrogen-bond donors (Lipinski definition) is 0. The van der Waals surface area contributed by atoms with E-state index in [0.717, 1.165) is 19.3 Å². The van der Waals surface area contributed by atoms with Crippen LogP contribution in [0.25, 0.3) is 0 Å². The monoisotopic (exact) mass is 228 g/mol. The smallest absolute Gasteiger partial charge is 0.309 e. The van der Waals surface area contributed by atoms with Gasteiger partial charge in [-0.2, -0.15) is 0 Å². The zero-order valence-corrected chi connectivity index (χ0v) is 11.6. The van der Waals surface area contributed by atoms with Gasteiger partial charge in [-0.1, -0.05) is 39.5 Å². The molecule has 0 saturated carbocycles. The minimum Gasteiger partial charge on any atom is -0.460 e. The first kappa shape index (κ1) is 15.5. The molecule has 0 rings (SSSR count). The molecule has 1 unspecified atom stereocenters. The van der Waals surface area contributed by atoms with E-state index in [4.69, 9.17) is 4.74 Å². The highest BCUT2D eigenvalue weighted by Crippen LogP contribution is 2.19. The van der Waals surface area contributed by atoms with Crippen molar-refractivity contribution in [3.05, 3.63) is 0 Å². The Morgan fingerprint density at radius 1 is 1.12 bits per heavy atom. The number of ether oxygens (including phenoxy) is 1. The van der Waals surface area contributed by atoms with Crippen LogP contribution in [0.4, 0.5) is 0 Å². The standard InChI is InChI=1S/C14H28O2/c1-6-8-9-10-11-12(7-2)13(15)16-14(3,4)5/h12H,6-11H2,1-5H3. The lowest BCUT2D eigenvalue weighted by molar-refractivity contribution is -0.160. The fourth-order valence-electron chi connectivity index (χ4n) is 1.69. The van der Waals surface area contributed by atoms with Crippen molar-refractivity contribution in [3.63, 3.8) is 0 Å². The Balaban J connectivity index is 3.93. The third-order valence-corrected chi connectivity index (χ3v) is 2.64. The Hall–Kier alpha value is -0.530. The Labute approximate surface area is 101 Å². The molecule has 0 bridgehead atoms. The van der Waals surface area contributed by atoms with Gasteiger partial charge in [0.25, 0.3) is 0 Å². The van der Waals surface area contributed by atoms with Crippen LogP contribution < -0.4 is 0 Å². The topological polar surface area (TPSA) is 26.3 Å². The van der Waals surface area contributed by atoms with Crippen LogP contribution in [0.1, 0.15) is 73.1 Å². The van der Waals surface area contributed by atoms with Crippen LogP contribution in [0.3, 0.4) is 0 Å². The van der Waals surface area contributed by atoms with Crippen molar-refractivity contribution in [3.8, 4) is 0 Å². The summed E-state index contributed by atoms with van der Waals surface area (Å²) in [6, 6.07) is 0. The van der Waals surface area contributed by atoms with Gasteiger partial charge < -0.3 is 4.74 Å². The van der Waals surface area contributed by atoms with E-state index in [9.17, 15) is 4.79 Å². The molecule has 2 heteroatoms. The molecule has 2 nitrogen and oxygen atoms in total. The normalized spacial score (nSPS) is 13.6. The average Bonchev–Trinajstić information content (AvgIpc) is 2.15. The van der Waals surface area contributed by atoms with E-state index in [0.29, 0.717) is 0 Å². The SMILES string of the molecule is CCCCCCC(CC)C(=O)OC(C)(C)C. The summed E-state index contributed by atoms with van der Waals surface area (Å²) in [5, 5.41) is 0. The quantitative estimate of drug-likeness (QED) is 0.479. The van der Waals surface area contributed by atoms with Crippen molar-refractivity contribution in [2.45, 2.75) is 78.7 Å². The molecule has 0 radical (unpaired) electrons.